The fraction of sp³-hybridized carbons (Fsp3) is 0.474. The molecule has 0 bridgehead atoms. The molecule has 0 aliphatic heterocycles. The molecular weight excluding hydrogens is 242 g/mol. The quantitative estimate of drug-likeness (QED) is 0.828. The fourth-order valence-electron chi connectivity index (χ4n) is 3.81. The van der Waals surface area contributed by atoms with Gasteiger partial charge in [-0.25, -0.2) is 0 Å². The van der Waals surface area contributed by atoms with Crippen molar-refractivity contribution in [1.29, 1.82) is 0 Å². The van der Waals surface area contributed by atoms with Gasteiger partial charge in [0.1, 0.15) is 0 Å². The molecule has 1 saturated carbocycles. The minimum atomic E-state index is 0.516. The molecule has 3 rings (SSSR count). The first-order chi connectivity index (χ1) is 9.79. The Hall–Kier alpha value is -1.34. The second kappa shape index (κ2) is 5.97. The Morgan fingerprint density at radius 1 is 1.10 bits per heavy atom. The smallest absolute Gasteiger partial charge is 0.0351 e. The van der Waals surface area contributed by atoms with Gasteiger partial charge in [-0.2, -0.15) is 0 Å². The normalized spacial score (nSPS) is 24.1. The largest absolute Gasteiger partial charge is 0.310 e. The van der Waals surface area contributed by atoms with Gasteiger partial charge in [-0.05, 0) is 47.2 Å². The van der Waals surface area contributed by atoms with Gasteiger partial charge in [0, 0.05) is 6.04 Å². The van der Waals surface area contributed by atoms with Crippen LogP contribution in [0.25, 0.3) is 10.8 Å². The highest BCUT2D eigenvalue weighted by molar-refractivity contribution is 5.83. The first kappa shape index (κ1) is 13.6. The predicted molar refractivity (Wildman–Crippen MR) is 86.9 cm³/mol. The molecule has 0 radical (unpaired) electrons. The molecular formula is C19H25N. The van der Waals surface area contributed by atoms with Gasteiger partial charge in [0.2, 0.25) is 0 Å². The molecule has 1 N–H and O–H groups in total. The van der Waals surface area contributed by atoms with Crippen LogP contribution in [0.15, 0.2) is 42.5 Å². The van der Waals surface area contributed by atoms with E-state index in [0.717, 1.165) is 18.4 Å². The van der Waals surface area contributed by atoms with Gasteiger partial charge in [0.15, 0.2) is 0 Å². The molecule has 1 aliphatic carbocycles. The standard InChI is InChI=1S/C19H25N/c1-3-20-19(18-10-6-7-14(18)2)17-12-11-15-8-4-5-9-16(15)13-17/h4-5,8-9,11-14,18-20H,3,6-7,10H2,1-2H3. The van der Waals surface area contributed by atoms with Crippen molar-refractivity contribution < 1.29 is 0 Å². The number of nitrogens with one attached hydrogen (secondary N) is 1. The maximum Gasteiger partial charge on any atom is 0.0351 e. The van der Waals surface area contributed by atoms with E-state index < -0.39 is 0 Å². The van der Waals surface area contributed by atoms with Crippen LogP contribution >= 0.6 is 0 Å². The summed E-state index contributed by atoms with van der Waals surface area (Å²) in [5.74, 6) is 1.63. The summed E-state index contributed by atoms with van der Waals surface area (Å²) in [5.41, 5.74) is 1.46. The van der Waals surface area contributed by atoms with Crippen LogP contribution in [0.3, 0.4) is 0 Å². The third-order valence-corrected chi connectivity index (χ3v) is 4.91. The van der Waals surface area contributed by atoms with Gasteiger partial charge < -0.3 is 5.32 Å². The second-order valence-electron chi connectivity index (χ2n) is 6.21. The molecule has 1 fully saturated rings. The SMILES string of the molecule is CCNC(c1ccc2ccccc2c1)C1CCCC1C. The van der Waals surface area contributed by atoms with E-state index in [4.69, 9.17) is 0 Å². The monoisotopic (exact) mass is 267 g/mol. The van der Waals surface area contributed by atoms with Crippen LogP contribution in [0.2, 0.25) is 0 Å². The average Bonchev–Trinajstić information content (AvgIpc) is 2.90. The Bertz CT molecular complexity index is 575. The van der Waals surface area contributed by atoms with Crippen molar-refractivity contribution in [3.8, 4) is 0 Å². The molecule has 1 heteroatoms. The van der Waals surface area contributed by atoms with E-state index in [0.29, 0.717) is 6.04 Å². The van der Waals surface area contributed by atoms with E-state index >= 15 is 0 Å². The first-order valence-electron chi connectivity index (χ1n) is 8.01. The lowest BCUT2D eigenvalue weighted by Crippen LogP contribution is -2.29. The van der Waals surface area contributed by atoms with Gasteiger partial charge in [0.25, 0.3) is 0 Å². The van der Waals surface area contributed by atoms with Crippen LogP contribution < -0.4 is 5.32 Å². The van der Waals surface area contributed by atoms with Crippen molar-refractivity contribution in [2.75, 3.05) is 6.54 Å². The molecule has 0 aromatic heterocycles. The third-order valence-electron chi connectivity index (χ3n) is 4.91. The van der Waals surface area contributed by atoms with Crippen LogP contribution in [0, 0.1) is 11.8 Å². The molecule has 0 amide bonds. The Labute approximate surface area is 122 Å². The maximum absolute atomic E-state index is 3.74. The zero-order valence-electron chi connectivity index (χ0n) is 12.6. The minimum absolute atomic E-state index is 0.516. The van der Waals surface area contributed by atoms with E-state index in [1.165, 1.54) is 35.6 Å². The number of fused-ring (bicyclic) bond motifs is 1. The van der Waals surface area contributed by atoms with Gasteiger partial charge in [-0.15, -0.1) is 0 Å². The summed E-state index contributed by atoms with van der Waals surface area (Å²) in [4.78, 5) is 0. The average molecular weight is 267 g/mol. The molecule has 2 aromatic rings. The maximum atomic E-state index is 3.74. The lowest BCUT2D eigenvalue weighted by atomic mass is 9.85. The molecule has 2 aromatic carbocycles. The van der Waals surface area contributed by atoms with Crippen molar-refractivity contribution >= 4 is 10.8 Å². The van der Waals surface area contributed by atoms with Crippen LogP contribution in [-0.4, -0.2) is 6.54 Å². The highest BCUT2D eigenvalue weighted by atomic mass is 14.9. The van der Waals surface area contributed by atoms with E-state index in [1.54, 1.807) is 0 Å². The Morgan fingerprint density at radius 2 is 1.90 bits per heavy atom. The molecule has 0 heterocycles. The van der Waals surface area contributed by atoms with Crippen molar-refractivity contribution in [2.24, 2.45) is 11.8 Å². The topological polar surface area (TPSA) is 12.0 Å². The second-order valence-corrected chi connectivity index (χ2v) is 6.21. The molecule has 3 atom stereocenters. The molecule has 1 nitrogen and oxygen atoms in total. The van der Waals surface area contributed by atoms with E-state index in [2.05, 4.69) is 61.6 Å². The summed E-state index contributed by atoms with van der Waals surface area (Å²) in [5, 5.41) is 6.43. The van der Waals surface area contributed by atoms with Gasteiger partial charge in [-0.3, -0.25) is 0 Å². The summed E-state index contributed by atoms with van der Waals surface area (Å²) in [7, 11) is 0. The number of hydrogen-bond acceptors (Lipinski definition) is 1. The Balaban J connectivity index is 1.96. The van der Waals surface area contributed by atoms with Crippen LogP contribution in [-0.2, 0) is 0 Å². The summed E-state index contributed by atoms with van der Waals surface area (Å²) >= 11 is 0. The van der Waals surface area contributed by atoms with E-state index in [1.807, 2.05) is 0 Å². The lowest BCUT2D eigenvalue weighted by molar-refractivity contribution is 0.306. The predicted octanol–water partition coefficient (Wildman–Crippen LogP) is 4.93. The highest BCUT2D eigenvalue weighted by Crippen LogP contribution is 2.40. The van der Waals surface area contributed by atoms with E-state index in [9.17, 15) is 0 Å². The zero-order valence-corrected chi connectivity index (χ0v) is 12.6. The van der Waals surface area contributed by atoms with Gasteiger partial charge in [-0.1, -0.05) is 63.1 Å². The number of hydrogen-bond donors (Lipinski definition) is 1. The summed E-state index contributed by atoms with van der Waals surface area (Å²) in [6, 6.07) is 16.2. The van der Waals surface area contributed by atoms with Gasteiger partial charge >= 0.3 is 0 Å². The summed E-state index contributed by atoms with van der Waals surface area (Å²) < 4.78 is 0. The summed E-state index contributed by atoms with van der Waals surface area (Å²) in [6.45, 7) is 5.68. The summed E-state index contributed by atoms with van der Waals surface area (Å²) in [6.07, 6.45) is 4.15. The molecule has 0 spiro atoms. The van der Waals surface area contributed by atoms with Crippen LogP contribution in [0.1, 0.15) is 44.7 Å². The first-order valence-corrected chi connectivity index (χ1v) is 8.01. The third kappa shape index (κ3) is 2.60. The lowest BCUT2D eigenvalue weighted by Gasteiger charge is -2.28. The van der Waals surface area contributed by atoms with Crippen molar-refractivity contribution in [3.05, 3.63) is 48.0 Å². The van der Waals surface area contributed by atoms with Crippen molar-refractivity contribution in [1.82, 2.24) is 5.32 Å². The molecule has 1 aliphatic rings. The Morgan fingerprint density at radius 3 is 2.60 bits per heavy atom. The minimum Gasteiger partial charge on any atom is -0.310 e. The fourth-order valence-corrected chi connectivity index (χ4v) is 3.81. The van der Waals surface area contributed by atoms with Crippen molar-refractivity contribution in [2.45, 2.75) is 39.2 Å². The van der Waals surface area contributed by atoms with Gasteiger partial charge in [0.05, 0.1) is 0 Å². The number of rotatable bonds is 4. The zero-order chi connectivity index (χ0) is 13.9. The van der Waals surface area contributed by atoms with Crippen molar-refractivity contribution in [3.63, 3.8) is 0 Å². The van der Waals surface area contributed by atoms with Crippen LogP contribution in [0.4, 0.5) is 0 Å². The van der Waals surface area contributed by atoms with E-state index in [-0.39, 0.29) is 0 Å². The van der Waals surface area contributed by atoms with Crippen LogP contribution in [0.5, 0.6) is 0 Å². The number of benzene rings is 2. The highest BCUT2D eigenvalue weighted by Gasteiger charge is 2.31. The Kier molecular flexibility index (Phi) is 4.07. The molecule has 20 heavy (non-hydrogen) atoms. The molecule has 3 unspecified atom stereocenters. The molecule has 106 valence electrons. The molecule has 0 saturated heterocycles.